The van der Waals surface area contributed by atoms with Crippen molar-refractivity contribution >= 4 is 11.1 Å². The summed E-state index contributed by atoms with van der Waals surface area (Å²) in [6.45, 7) is 28.9. The molecule has 2 aromatic rings. The van der Waals surface area contributed by atoms with Crippen LogP contribution in [0.4, 0.5) is 0 Å². The molecule has 1 fully saturated rings. The van der Waals surface area contributed by atoms with Crippen molar-refractivity contribution in [1.82, 2.24) is 0 Å². The molecule has 0 nitrogen and oxygen atoms in total. The third-order valence-electron chi connectivity index (χ3n) is 10.7. The third-order valence-corrected chi connectivity index (χ3v) is 20.0. The smallest absolute Gasteiger partial charge is 1.00 e. The van der Waals surface area contributed by atoms with E-state index in [-0.39, 0.29) is 24.8 Å². The van der Waals surface area contributed by atoms with E-state index in [0.29, 0.717) is 6.34 Å². The van der Waals surface area contributed by atoms with E-state index in [1.165, 1.54) is 35.1 Å². The Hall–Kier alpha value is -0.630. The molecule has 0 bridgehead atoms. The maximum absolute atomic E-state index is 2.51. The molecular formula is C32H40Cl2Hf. The minimum absolute atomic E-state index is 0. The van der Waals surface area contributed by atoms with Gasteiger partial charge in [-0.05, 0) is 0 Å². The fourth-order valence-electron chi connectivity index (χ4n) is 7.82. The molecule has 0 N–H and O–H groups in total. The summed E-state index contributed by atoms with van der Waals surface area (Å²) >= 11 is -1.25. The van der Waals surface area contributed by atoms with Gasteiger partial charge in [-0.3, -0.25) is 0 Å². The summed E-state index contributed by atoms with van der Waals surface area (Å²) in [6, 6.07) is 0. The Morgan fingerprint density at radius 3 is 1.03 bits per heavy atom. The average Bonchev–Trinajstić information content (AvgIpc) is 3.36. The van der Waals surface area contributed by atoms with Crippen LogP contribution in [0.15, 0.2) is 11.1 Å². The number of benzene rings is 2. The molecule has 5 rings (SSSR count). The van der Waals surface area contributed by atoms with Crippen LogP contribution in [0, 0.1) is 55.4 Å². The van der Waals surface area contributed by atoms with Crippen LogP contribution in [0.25, 0.3) is 11.1 Å². The van der Waals surface area contributed by atoms with Crippen LogP contribution < -0.4 is 24.8 Å². The maximum Gasteiger partial charge on any atom is -1.00 e. The van der Waals surface area contributed by atoms with Gasteiger partial charge < -0.3 is 24.8 Å². The molecular weight excluding hydrogens is 634 g/mol. The van der Waals surface area contributed by atoms with Crippen LogP contribution in [0.5, 0.6) is 0 Å². The quantitative estimate of drug-likeness (QED) is 0.378. The first-order chi connectivity index (χ1) is 15.3. The van der Waals surface area contributed by atoms with Crippen LogP contribution in [-0.2, 0) is 29.2 Å². The molecule has 3 aliphatic rings. The Morgan fingerprint density at radius 2 is 0.714 bits per heavy atom. The predicted molar refractivity (Wildman–Crippen MR) is 140 cm³/mol. The van der Waals surface area contributed by atoms with E-state index >= 15 is 0 Å². The molecule has 1 saturated heterocycles. The topological polar surface area (TPSA) is 0 Å². The molecule has 2 spiro atoms. The van der Waals surface area contributed by atoms with Crippen molar-refractivity contribution in [2.45, 2.75) is 102 Å². The van der Waals surface area contributed by atoms with Crippen molar-refractivity contribution in [3.05, 3.63) is 77.9 Å². The number of rotatable bonds is 0. The van der Waals surface area contributed by atoms with Crippen molar-refractivity contribution in [1.29, 1.82) is 0 Å². The Kier molecular flexibility index (Phi) is 7.43. The van der Waals surface area contributed by atoms with Gasteiger partial charge in [0.15, 0.2) is 0 Å². The summed E-state index contributed by atoms with van der Waals surface area (Å²) in [5, 5.41) is 0. The van der Waals surface area contributed by atoms with Gasteiger partial charge in [0.2, 0.25) is 0 Å². The average molecular weight is 674 g/mol. The Balaban J connectivity index is 0.00000171. The third kappa shape index (κ3) is 3.26. The van der Waals surface area contributed by atoms with Gasteiger partial charge in [0.05, 0.1) is 0 Å². The molecule has 0 radical (unpaired) electrons. The van der Waals surface area contributed by atoms with Crippen LogP contribution in [0.1, 0.15) is 107 Å². The van der Waals surface area contributed by atoms with Crippen LogP contribution in [0.2, 0.25) is 0 Å². The van der Waals surface area contributed by atoms with Crippen molar-refractivity contribution in [2.24, 2.45) is 0 Å². The van der Waals surface area contributed by atoms with Gasteiger partial charge in [-0.2, -0.15) is 0 Å². The summed E-state index contributed by atoms with van der Waals surface area (Å²) in [5.41, 5.74) is 25.8. The summed E-state index contributed by atoms with van der Waals surface area (Å²) in [5.74, 6) is 0. The number of fused-ring (bicyclic) bond motifs is 4. The Bertz CT molecular complexity index is 1250. The van der Waals surface area contributed by atoms with Crippen molar-refractivity contribution in [3.8, 4) is 0 Å². The SMILES string of the molecule is CC1=C(C)[C]2(CC[C]3([Hf+2]2)C(C)=C(C)c2c(C)c(C)c(C)c(C)c23)c2c(C)c(C)c(C)c(C)c21.[Cl-].[Cl-]. The minimum atomic E-state index is -1.25. The van der Waals surface area contributed by atoms with Crippen molar-refractivity contribution in [2.75, 3.05) is 0 Å². The largest absolute Gasteiger partial charge is 1.00 e. The fourth-order valence-corrected chi connectivity index (χ4v) is 18.1. The zero-order chi connectivity index (χ0) is 24.4. The van der Waals surface area contributed by atoms with Crippen LogP contribution in [0.3, 0.4) is 0 Å². The summed E-state index contributed by atoms with van der Waals surface area (Å²) in [4.78, 5) is 0. The zero-order valence-corrected chi connectivity index (χ0v) is 28.8. The van der Waals surface area contributed by atoms with Gasteiger partial charge in [-0.15, -0.1) is 0 Å². The molecule has 2 aromatic carbocycles. The fraction of sp³-hybridized carbons (Fsp3) is 0.500. The molecule has 2 unspecified atom stereocenters. The van der Waals surface area contributed by atoms with Gasteiger partial charge in [0, 0.05) is 0 Å². The molecule has 3 heteroatoms. The second-order valence-corrected chi connectivity index (χ2v) is 18.5. The molecule has 0 aromatic heterocycles. The van der Waals surface area contributed by atoms with Crippen LogP contribution >= 0.6 is 0 Å². The number of halogens is 2. The first-order valence-electron chi connectivity index (χ1n) is 12.7. The van der Waals surface area contributed by atoms with Crippen molar-refractivity contribution < 1.29 is 47.7 Å². The van der Waals surface area contributed by atoms with E-state index in [1.807, 2.05) is 0 Å². The number of hydrogen-bond acceptors (Lipinski definition) is 0. The zero-order valence-electron chi connectivity index (χ0n) is 23.7. The molecule has 2 aliphatic carbocycles. The molecule has 0 amide bonds. The maximum atomic E-state index is 2.51. The van der Waals surface area contributed by atoms with E-state index < -0.39 is 22.9 Å². The van der Waals surface area contributed by atoms with Gasteiger partial charge in [0.25, 0.3) is 0 Å². The van der Waals surface area contributed by atoms with E-state index in [4.69, 9.17) is 0 Å². The first kappa shape index (κ1) is 28.9. The Labute approximate surface area is 237 Å². The molecule has 2 atom stereocenters. The molecule has 0 saturated carbocycles. The number of allylic oxidation sites excluding steroid dienone is 4. The Morgan fingerprint density at radius 1 is 0.429 bits per heavy atom. The van der Waals surface area contributed by atoms with Gasteiger partial charge in [-0.1, -0.05) is 0 Å². The second-order valence-electron chi connectivity index (χ2n) is 11.4. The normalized spacial score (nSPS) is 23.9. The standard InChI is InChI=1S/C32H40.2ClH.Hf/c1-15-17(3)23(9)31-27(19(5)25(11)29(31)21(15)7)13-14-28-20(6)26(12)30-22(8)16(2)18(4)24(10)32(28)30;;;/h13-14H2,1-12H3;2*1H;/q;;;+2/p-2. The summed E-state index contributed by atoms with van der Waals surface area (Å²) in [6.07, 6.45) is 2.70. The molecule has 1 heterocycles. The second kappa shape index (κ2) is 8.99. The van der Waals surface area contributed by atoms with Crippen molar-refractivity contribution in [3.63, 3.8) is 0 Å². The monoisotopic (exact) mass is 674 g/mol. The summed E-state index contributed by atoms with van der Waals surface area (Å²) < 4.78 is 0.740. The van der Waals surface area contributed by atoms with Gasteiger partial charge >= 0.3 is 214 Å². The van der Waals surface area contributed by atoms with E-state index in [2.05, 4.69) is 83.1 Å². The molecule has 35 heavy (non-hydrogen) atoms. The summed E-state index contributed by atoms with van der Waals surface area (Å²) in [7, 11) is 0. The molecule has 186 valence electrons. The van der Waals surface area contributed by atoms with Gasteiger partial charge in [0.1, 0.15) is 0 Å². The molecule has 1 aliphatic heterocycles. The van der Waals surface area contributed by atoms with E-state index in [9.17, 15) is 0 Å². The van der Waals surface area contributed by atoms with Gasteiger partial charge in [-0.25, -0.2) is 0 Å². The predicted octanol–water partition coefficient (Wildman–Crippen LogP) is 2.74. The van der Waals surface area contributed by atoms with E-state index in [0.717, 1.165) is 0 Å². The first-order valence-corrected chi connectivity index (χ1v) is 16.3. The minimum Gasteiger partial charge on any atom is -1.00 e. The van der Waals surface area contributed by atoms with Crippen LogP contribution in [-0.4, -0.2) is 0 Å². The number of hydrogen-bond donors (Lipinski definition) is 0. The van der Waals surface area contributed by atoms with E-state index in [1.54, 1.807) is 66.8 Å².